The van der Waals surface area contributed by atoms with Crippen molar-refractivity contribution in [3.8, 4) is 11.8 Å². The lowest BCUT2D eigenvalue weighted by atomic mass is 10.2. The molecule has 1 aromatic heterocycles. The van der Waals surface area contributed by atoms with Gasteiger partial charge in [-0.05, 0) is 17.7 Å². The third-order valence-electron chi connectivity index (χ3n) is 2.64. The Bertz CT molecular complexity index is 554. The maximum absolute atomic E-state index is 8.42. The molecule has 1 aromatic carbocycles. The molecule has 2 rings (SSSR count). The third kappa shape index (κ3) is 4.12. The van der Waals surface area contributed by atoms with Gasteiger partial charge in [0.15, 0.2) is 6.61 Å². The first-order valence-electron chi connectivity index (χ1n) is 6.05. The topological polar surface area (TPSA) is 62.9 Å². The number of hydrogen-bond donors (Lipinski definition) is 1. The third-order valence-corrected chi connectivity index (χ3v) is 2.64. The Kier molecular flexibility index (Phi) is 4.54. The van der Waals surface area contributed by atoms with Crippen molar-refractivity contribution in [2.75, 3.05) is 6.61 Å². The molecular weight excluding hydrogens is 240 g/mol. The molecule has 1 N–H and O–H groups in total. The minimum absolute atomic E-state index is 0.0819. The molecule has 0 spiro atoms. The first-order valence-corrected chi connectivity index (χ1v) is 6.05. The first-order chi connectivity index (χ1) is 9.28. The van der Waals surface area contributed by atoms with E-state index in [1.807, 2.05) is 49.8 Å². The fourth-order valence-electron chi connectivity index (χ4n) is 1.73. The molecule has 0 radical (unpaired) electrons. The zero-order chi connectivity index (χ0) is 13.5. The van der Waals surface area contributed by atoms with E-state index in [0.717, 1.165) is 24.4 Å². The molecule has 5 nitrogen and oxygen atoms in total. The van der Waals surface area contributed by atoms with Crippen LogP contribution in [0.3, 0.4) is 0 Å². The molecule has 0 amide bonds. The molecule has 0 fully saturated rings. The Labute approximate surface area is 112 Å². The Morgan fingerprint density at radius 3 is 2.63 bits per heavy atom. The minimum atomic E-state index is 0.0819. The van der Waals surface area contributed by atoms with E-state index in [1.54, 1.807) is 4.68 Å². The summed E-state index contributed by atoms with van der Waals surface area (Å²) < 4.78 is 6.98. The van der Waals surface area contributed by atoms with Crippen molar-refractivity contribution in [3.05, 3.63) is 47.8 Å². The van der Waals surface area contributed by atoms with Gasteiger partial charge in [0.25, 0.3) is 0 Å². The average Bonchev–Trinajstić information content (AvgIpc) is 2.84. The average molecular weight is 256 g/mol. The Morgan fingerprint density at radius 2 is 2.00 bits per heavy atom. The molecule has 1 heterocycles. The molecule has 0 aliphatic rings. The van der Waals surface area contributed by atoms with Crippen LogP contribution in [0.2, 0.25) is 0 Å². The second-order valence-electron chi connectivity index (χ2n) is 4.22. The van der Waals surface area contributed by atoms with E-state index in [0.29, 0.717) is 0 Å². The van der Waals surface area contributed by atoms with Crippen LogP contribution in [0.5, 0.6) is 5.75 Å². The summed E-state index contributed by atoms with van der Waals surface area (Å²) in [7, 11) is 1.91. The predicted molar refractivity (Wildman–Crippen MR) is 71.3 cm³/mol. The highest BCUT2D eigenvalue weighted by Gasteiger charge is 1.98. The van der Waals surface area contributed by atoms with Crippen LogP contribution in [0, 0.1) is 11.3 Å². The molecule has 0 aliphatic carbocycles. The standard InChI is InChI=1S/C14H16N4O/c1-18-11-13(10-17-18)9-16-8-12-2-4-14(5-3-12)19-7-6-15/h2-5,10-11,16H,7-9H2,1H3. The largest absolute Gasteiger partial charge is 0.479 e. The Hall–Kier alpha value is -2.32. The van der Waals surface area contributed by atoms with Crippen LogP contribution < -0.4 is 10.1 Å². The molecule has 5 heteroatoms. The van der Waals surface area contributed by atoms with E-state index < -0.39 is 0 Å². The Balaban J connectivity index is 1.78. The van der Waals surface area contributed by atoms with Gasteiger partial charge in [-0.1, -0.05) is 12.1 Å². The van der Waals surface area contributed by atoms with Crippen molar-refractivity contribution in [2.24, 2.45) is 7.05 Å². The number of ether oxygens (including phenoxy) is 1. The molecule has 19 heavy (non-hydrogen) atoms. The van der Waals surface area contributed by atoms with Crippen LogP contribution in [-0.4, -0.2) is 16.4 Å². The van der Waals surface area contributed by atoms with Crippen LogP contribution in [0.15, 0.2) is 36.7 Å². The molecule has 0 unspecified atom stereocenters. The molecular formula is C14H16N4O. The molecule has 0 aliphatic heterocycles. The maximum atomic E-state index is 8.42. The summed E-state index contributed by atoms with van der Waals surface area (Å²) in [5.41, 5.74) is 2.34. The second-order valence-corrected chi connectivity index (χ2v) is 4.22. The second kappa shape index (κ2) is 6.57. The van der Waals surface area contributed by atoms with Gasteiger partial charge in [-0.3, -0.25) is 4.68 Å². The van der Waals surface area contributed by atoms with Crippen molar-refractivity contribution in [3.63, 3.8) is 0 Å². The summed E-state index contributed by atoms with van der Waals surface area (Å²) in [6.45, 7) is 1.66. The highest BCUT2D eigenvalue weighted by Crippen LogP contribution is 2.11. The van der Waals surface area contributed by atoms with E-state index in [9.17, 15) is 0 Å². The zero-order valence-corrected chi connectivity index (χ0v) is 10.8. The van der Waals surface area contributed by atoms with E-state index in [2.05, 4.69) is 10.4 Å². The SMILES string of the molecule is Cn1cc(CNCc2ccc(OCC#N)cc2)cn1. The number of benzene rings is 1. The van der Waals surface area contributed by atoms with Gasteiger partial charge < -0.3 is 10.1 Å². The van der Waals surface area contributed by atoms with Gasteiger partial charge in [-0.25, -0.2) is 0 Å². The fourth-order valence-corrected chi connectivity index (χ4v) is 1.73. The zero-order valence-electron chi connectivity index (χ0n) is 10.8. The van der Waals surface area contributed by atoms with Crippen molar-refractivity contribution < 1.29 is 4.74 Å². The van der Waals surface area contributed by atoms with Crippen LogP contribution in [0.4, 0.5) is 0 Å². The summed E-state index contributed by atoms with van der Waals surface area (Å²) in [5.74, 6) is 0.720. The van der Waals surface area contributed by atoms with E-state index in [-0.39, 0.29) is 6.61 Å². The quantitative estimate of drug-likeness (QED) is 0.853. The molecule has 0 saturated carbocycles. The molecule has 0 saturated heterocycles. The van der Waals surface area contributed by atoms with Gasteiger partial charge in [-0.2, -0.15) is 10.4 Å². The number of aryl methyl sites for hydroxylation is 1. The molecule has 0 atom stereocenters. The summed E-state index contributed by atoms with van der Waals surface area (Å²) in [6.07, 6.45) is 3.84. The lowest BCUT2D eigenvalue weighted by Gasteiger charge is -2.05. The van der Waals surface area contributed by atoms with E-state index >= 15 is 0 Å². The lowest BCUT2D eigenvalue weighted by Crippen LogP contribution is -2.12. The molecule has 2 aromatic rings. The normalized spacial score (nSPS) is 10.1. The van der Waals surface area contributed by atoms with Crippen LogP contribution >= 0.6 is 0 Å². The van der Waals surface area contributed by atoms with Crippen LogP contribution in [-0.2, 0) is 20.1 Å². The number of aromatic nitrogens is 2. The van der Waals surface area contributed by atoms with Gasteiger partial charge in [-0.15, -0.1) is 0 Å². The predicted octanol–water partition coefficient (Wildman–Crippen LogP) is 1.61. The fraction of sp³-hybridized carbons (Fsp3) is 0.286. The molecule has 0 bridgehead atoms. The van der Waals surface area contributed by atoms with E-state index in [1.165, 1.54) is 5.56 Å². The molecule has 98 valence electrons. The van der Waals surface area contributed by atoms with Crippen molar-refractivity contribution >= 4 is 0 Å². The number of nitrogens with zero attached hydrogens (tertiary/aromatic N) is 3. The van der Waals surface area contributed by atoms with Crippen LogP contribution in [0.1, 0.15) is 11.1 Å². The number of rotatable bonds is 6. The number of hydrogen-bond acceptors (Lipinski definition) is 4. The van der Waals surface area contributed by atoms with Crippen molar-refractivity contribution in [1.82, 2.24) is 15.1 Å². The van der Waals surface area contributed by atoms with Gasteiger partial charge in [0.2, 0.25) is 0 Å². The van der Waals surface area contributed by atoms with Crippen molar-refractivity contribution in [2.45, 2.75) is 13.1 Å². The first kappa shape index (κ1) is 13.1. The van der Waals surface area contributed by atoms with E-state index in [4.69, 9.17) is 10.00 Å². The van der Waals surface area contributed by atoms with Crippen LogP contribution in [0.25, 0.3) is 0 Å². The number of nitriles is 1. The summed E-state index contributed by atoms with van der Waals surface area (Å²) in [6, 6.07) is 9.67. The Morgan fingerprint density at radius 1 is 1.26 bits per heavy atom. The summed E-state index contributed by atoms with van der Waals surface area (Å²) >= 11 is 0. The summed E-state index contributed by atoms with van der Waals surface area (Å²) in [4.78, 5) is 0. The van der Waals surface area contributed by atoms with Gasteiger partial charge in [0.1, 0.15) is 11.8 Å². The lowest BCUT2D eigenvalue weighted by molar-refractivity contribution is 0.368. The van der Waals surface area contributed by atoms with Gasteiger partial charge >= 0.3 is 0 Å². The smallest absolute Gasteiger partial charge is 0.174 e. The number of nitrogens with one attached hydrogen (secondary N) is 1. The minimum Gasteiger partial charge on any atom is -0.479 e. The highest BCUT2D eigenvalue weighted by atomic mass is 16.5. The monoisotopic (exact) mass is 256 g/mol. The van der Waals surface area contributed by atoms with Crippen molar-refractivity contribution in [1.29, 1.82) is 5.26 Å². The highest BCUT2D eigenvalue weighted by molar-refractivity contribution is 5.27. The van der Waals surface area contributed by atoms with Gasteiger partial charge in [0.05, 0.1) is 6.20 Å². The maximum Gasteiger partial charge on any atom is 0.174 e. The summed E-state index contributed by atoms with van der Waals surface area (Å²) in [5, 5.41) is 15.9. The van der Waals surface area contributed by atoms with Gasteiger partial charge in [0, 0.05) is 31.9 Å².